The van der Waals surface area contributed by atoms with E-state index < -0.39 is 0 Å². The van der Waals surface area contributed by atoms with Crippen molar-refractivity contribution in [2.75, 3.05) is 0 Å². The van der Waals surface area contributed by atoms with E-state index in [0.717, 1.165) is 24.6 Å². The van der Waals surface area contributed by atoms with Crippen molar-refractivity contribution in [3.8, 4) is 0 Å². The number of rotatable bonds is 7. The molecule has 2 aromatic rings. The van der Waals surface area contributed by atoms with E-state index in [9.17, 15) is 0 Å². The Morgan fingerprint density at radius 2 is 2.05 bits per heavy atom. The van der Waals surface area contributed by atoms with E-state index in [1.54, 1.807) is 11.0 Å². The molecule has 2 rings (SSSR count). The van der Waals surface area contributed by atoms with Gasteiger partial charge >= 0.3 is 0 Å². The second kappa shape index (κ2) is 6.60. The van der Waals surface area contributed by atoms with Gasteiger partial charge in [0.05, 0.1) is 11.9 Å². The van der Waals surface area contributed by atoms with Gasteiger partial charge in [-0.3, -0.25) is 0 Å². The van der Waals surface area contributed by atoms with Crippen LogP contribution in [0.25, 0.3) is 0 Å². The highest BCUT2D eigenvalue weighted by Gasteiger charge is 2.08. The van der Waals surface area contributed by atoms with Crippen LogP contribution in [-0.2, 0) is 19.6 Å². The summed E-state index contributed by atoms with van der Waals surface area (Å²) in [5, 5.41) is 15.9. The van der Waals surface area contributed by atoms with Crippen molar-refractivity contribution in [1.29, 1.82) is 0 Å². The molecule has 0 aliphatic heterocycles. The van der Waals surface area contributed by atoms with Crippen LogP contribution >= 0.6 is 0 Å². The van der Waals surface area contributed by atoms with Crippen LogP contribution < -0.4 is 5.32 Å². The molecule has 0 spiro atoms. The van der Waals surface area contributed by atoms with Gasteiger partial charge in [-0.2, -0.15) is 5.10 Å². The van der Waals surface area contributed by atoms with Gasteiger partial charge in [0.2, 0.25) is 0 Å². The van der Waals surface area contributed by atoms with Gasteiger partial charge in [0.1, 0.15) is 18.7 Å². The first kappa shape index (κ1) is 14.6. The van der Waals surface area contributed by atoms with Crippen molar-refractivity contribution in [2.45, 2.75) is 53.4 Å². The summed E-state index contributed by atoms with van der Waals surface area (Å²) in [7, 11) is 0. The molecule has 2 aromatic heterocycles. The Hall–Kier alpha value is -1.76. The first-order valence-corrected chi connectivity index (χ1v) is 7.03. The average molecular weight is 277 g/mol. The molecule has 20 heavy (non-hydrogen) atoms. The summed E-state index contributed by atoms with van der Waals surface area (Å²) in [5.41, 5.74) is 0.939. The van der Waals surface area contributed by atoms with Crippen molar-refractivity contribution in [1.82, 2.24) is 35.1 Å². The molecule has 2 heterocycles. The van der Waals surface area contributed by atoms with Gasteiger partial charge in [0.25, 0.3) is 0 Å². The minimum Gasteiger partial charge on any atom is -0.309 e. The molecule has 0 amide bonds. The van der Waals surface area contributed by atoms with Crippen LogP contribution in [0.4, 0.5) is 0 Å². The Kier molecular flexibility index (Phi) is 4.84. The monoisotopic (exact) mass is 277 g/mol. The van der Waals surface area contributed by atoms with Gasteiger partial charge in [0.15, 0.2) is 0 Å². The van der Waals surface area contributed by atoms with E-state index in [1.807, 2.05) is 10.9 Å². The molecule has 0 aromatic carbocycles. The summed E-state index contributed by atoms with van der Waals surface area (Å²) < 4.78 is 3.73. The summed E-state index contributed by atoms with van der Waals surface area (Å²) in [5.74, 6) is 1.45. The molecule has 0 bridgehead atoms. The summed E-state index contributed by atoms with van der Waals surface area (Å²) in [6.45, 7) is 10.7. The molecular formula is C13H23N7. The zero-order valence-electron chi connectivity index (χ0n) is 12.6. The van der Waals surface area contributed by atoms with Crippen molar-refractivity contribution >= 4 is 0 Å². The van der Waals surface area contributed by atoms with Crippen LogP contribution in [-0.4, -0.2) is 35.8 Å². The Balaban J connectivity index is 1.98. The zero-order valence-corrected chi connectivity index (χ0v) is 12.6. The molecule has 0 fully saturated rings. The highest BCUT2D eigenvalue weighted by atomic mass is 15.4. The largest absolute Gasteiger partial charge is 0.309 e. The predicted molar refractivity (Wildman–Crippen MR) is 76.0 cm³/mol. The van der Waals surface area contributed by atoms with E-state index in [4.69, 9.17) is 0 Å². The van der Waals surface area contributed by atoms with E-state index in [-0.39, 0.29) is 0 Å². The summed E-state index contributed by atoms with van der Waals surface area (Å²) in [4.78, 5) is 4.30. The maximum absolute atomic E-state index is 4.30. The fourth-order valence-corrected chi connectivity index (χ4v) is 1.86. The summed E-state index contributed by atoms with van der Waals surface area (Å²) >= 11 is 0. The lowest BCUT2D eigenvalue weighted by Crippen LogP contribution is -2.21. The highest BCUT2D eigenvalue weighted by molar-refractivity contribution is 4.94. The lowest BCUT2D eigenvalue weighted by atomic mass is 10.2. The predicted octanol–water partition coefficient (Wildman–Crippen LogP) is 1.07. The van der Waals surface area contributed by atoms with Gasteiger partial charge in [-0.05, 0) is 5.92 Å². The standard InChI is InChI=1S/C13H23N7/c1-10(2)6-20-13(15-9-16-20)8-19-7-12(17-18-19)5-14-11(3)4/h7,9-11,14H,5-6,8H2,1-4H3. The van der Waals surface area contributed by atoms with Crippen LogP contribution in [0.2, 0.25) is 0 Å². The van der Waals surface area contributed by atoms with E-state index in [2.05, 4.69) is 53.4 Å². The Morgan fingerprint density at radius 1 is 1.25 bits per heavy atom. The van der Waals surface area contributed by atoms with Crippen molar-refractivity contribution in [2.24, 2.45) is 5.92 Å². The first-order valence-electron chi connectivity index (χ1n) is 7.03. The molecule has 0 atom stereocenters. The topological polar surface area (TPSA) is 73.5 Å². The first-order chi connectivity index (χ1) is 9.54. The van der Waals surface area contributed by atoms with E-state index in [1.165, 1.54) is 0 Å². The zero-order chi connectivity index (χ0) is 14.5. The van der Waals surface area contributed by atoms with E-state index in [0.29, 0.717) is 18.5 Å². The lowest BCUT2D eigenvalue weighted by Gasteiger charge is -2.08. The second-order valence-electron chi connectivity index (χ2n) is 5.70. The molecule has 0 unspecified atom stereocenters. The molecular weight excluding hydrogens is 254 g/mol. The van der Waals surface area contributed by atoms with Crippen LogP contribution in [0, 0.1) is 5.92 Å². The molecule has 1 N–H and O–H groups in total. The van der Waals surface area contributed by atoms with Crippen molar-refractivity contribution < 1.29 is 0 Å². The summed E-state index contributed by atoms with van der Waals surface area (Å²) in [6.07, 6.45) is 3.54. The molecule has 0 radical (unpaired) electrons. The Labute approximate surface area is 119 Å². The number of hydrogen-bond acceptors (Lipinski definition) is 5. The van der Waals surface area contributed by atoms with Crippen LogP contribution in [0.1, 0.15) is 39.2 Å². The minimum absolute atomic E-state index is 0.439. The third-order valence-corrected chi connectivity index (χ3v) is 2.81. The molecule has 7 heteroatoms. The molecule has 110 valence electrons. The van der Waals surface area contributed by atoms with Gasteiger partial charge in [-0.15, -0.1) is 5.10 Å². The quantitative estimate of drug-likeness (QED) is 0.819. The van der Waals surface area contributed by atoms with Crippen LogP contribution in [0.15, 0.2) is 12.5 Å². The third kappa shape index (κ3) is 4.12. The Morgan fingerprint density at radius 3 is 2.75 bits per heavy atom. The van der Waals surface area contributed by atoms with Crippen LogP contribution in [0.5, 0.6) is 0 Å². The Bertz CT molecular complexity index is 526. The second-order valence-corrected chi connectivity index (χ2v) is 5.70. The molecule has 0 saturated heterocycles. The van der Waals surface area contributed by atoms with Gasteiger partial charge in [-0.1, -0.05) is 32.9 Å². The lowest BCUT2D eigenvalue weighted by molar-refractivity contribution is 0.455. The normalized spacial score (nSPS) is 11.7. The molecule has 7 nitrogen and oxygen atoms in total. The summed E-state index contributed by atoms with van der Waals surface area (Å²) in [6, 6.07) is 0.439. The average Bonchev–Trinajstić information content (AvgIpc) is 2.97. The van der Waals surface area contributed by atoms with E-state index >= 15 is 0 Å². The molecule has 0 aliphatic rings. The fourth-order valence-electron chi connectivity index (χ4n) is 1.86. The molecule has 0 saturated carbocycles. The third-order valence-electron chi connectivity index (χ3n) is 2.81. The van der Waals surface area contributed by atoms with Crippen LogP contribution in [0.3, 0.4) is 0 Å². The molecule has 0 aliphatic carbocycles. The maximum atomic E-state index is 4.30. The smallest absolute Gasteiger partial charge is 0.148 e. The highest BCUT2D eigenvalue weighted by Crippen LogP contribution is 2.03. The number of nitrogens with one attached hydrogen (secondary N) is 1. The fraction of sp³-hybridized carbons (Fsp3) is 0.692. The maximum Gasteiger partial charge on any atom is 0.148 e. The number of hydrogen-bond donors (Lipinski definition) is 1. The number of nitrogens with zero attached hydrogens (tertiary/aromatic N) is 6. The van der Waals surface area contributed by atoms with Gasteiger partial charge in [-0.25, -0.2) is 14.3 Å². The minimum atomic E-state index is 0.439. The number of aromatic nitrogens is 6. The SMILES string of the molecule is CC(C)Cn1ncnc1Cn1cc(CNC(C)C)nn1. The van der Waals surface area contributed by atoms with Gasteiger partial charge in [0, 0.05) is 19.1 Å². The van der Waals surface area contributed by atoms with Gasteiger partial charge < -0.3 is 5.32 Å². The van der Waals surface area contributed by atoms with Crippen molar-refractivity contribution in [3.05, 3.63) is 24.0 Å². The van der Waals surface area contributed by atoms with Crippen molar-refractivity contribution in [3.63, 3.8) is 0 Å².